The maximum atomic E-state index is 11.8. The van der Waals surface area contributed by atoms with Gasteiger partial charge in [-0.3, -0.25) is 0 Å². The van der Waals surface area contributed by atoms with Crippen LogP contribution in [-0.4, -0.2) is 54.9 Å². The highest BCUT2D eigenvalue weighted by atomic mass is 32.2. The van der Waals surface area contributed by atoms with Gasteiger partial charge in [0.05, 0.1) is 11.4 Å². The second-order valence-electron chi connectivity index (χ2n) is 5.01. The number of nitrogens with zero attached hydrogens (tertiary/aromatic N) is 5. The number of piperazine rings is 1. The number of anilines is 1. The summed E-state index contributed by atoms with van der Waals surface area (Å²) < 4.78 is 25.2. The van der Waals surface area contributed by atoms with E-state index >= 15 is 0 Å². The van der Waals surface area contributed by atoms with Gasteiger partial charge < -0.3 is 4.90 Å². The largest absolute Gasteiger partial charge is 0.351 e. The lowest BCUT2D eigenvalue weighted by Gasteiger charge is -2.34. The zero-order chi connectivity index (χ0) is 15.6. The molecule has 0 bridgehead atoms. The summed E-state index contributed by atoms with van der Waals surface area (Å²) in [7, 11) is -3.15. The molecule has 0 aliphatic carbocycles. The number of hydrogen-bond donors (Lipinski definition) is 0. The predicted molar refractivity (Wildman–Crippen MR) is 79.5 cm³/mol. The summed E-state index contributed by atoms with van der Waals surface area (Å²) in [6.07, 6.45) is 0. The van der Waals surface area contributed by atoms with Crippen LogP contribution in [0.2, 0.25) is 0 Å². The van der Waals surface area contributed by atoms with Crippen LogP contribution in [0.1, 0.15) is 23.7 Å². The lowest BCUT2D eigenvalue weighted by atomic mass is 10.1. The molecule has 0 radical (unpaired) electrons. The van der Waals surface area contributed by atoms with E-state index < -0.39 is 10.0 Å². The summed E-state index contributed by atoms with van der Waals surface area (Å²) in [5, 5.41) is 17.5. The third-order valence-corrected chi connectivity index (χ3v) is 5.73. The minimum absolute atomic E-state index is 0.111. The summed E-state index contributed by atoms with van der Waals surface area (Å²) in [5.74, 6) is 0.661. The average Bonchev–Trinajstić information content (AvgIpc) is 2.50. The number of sulfonamides is 1. The average molecular weight is 309 g/mol. The first-order chi connectivity index (χ1) is 9.90. The quantitative estimate of drug-likeness (QED) is 0.804. The van der Waals surface area contributed by atoms with Gasteiger partial charge in [0, 0.05) is 26.2 Å². The maximum absolute atomic E-state index is 11.8. The zero-order valence-electron chi connectivity index (χ0n) is 12.5. The Hall–Kier alpha value is -1.72. The predicted octanol–water partition coefficient (Wildman–Crippen LogP) is 0.437. The van der Waals surface area contributed by atoms with E-state index in [9.17, 15) is 13.7 Å². The van der Waals surface area contributed by atoms with Crippen molar-refractivity contribution in [1.29, 1.82) is 5.26 Å². The van der Waals surface area contributed by atoms with Gasteiger partial charge in [0.25, 0.3) is 0 Å². The van der Waals surface area contributed by atoms with Crippen LogP contribution >= 0.6 is 0 Å². The third kappa shape index (κ3) is 2.99. The van der Waals surface area contributed by atoms with Crippen LogP contribution in [-0.2, 0) is 10.0 Å². The lowest BCUT2D eigenvalue weighted by Crippen LogP contribution is -2.49. The van der Waals surface area contributed by atoms with Crippen LogP contribution in [0.5, 0.6) is 0 Å². The molecule has 21 heavy (non-hydrogen) atoms. The van der Waals surface area contributed by atoms with Gasteiger partial charge in [0.1, 0.15) is 11.6 Å². The van der Waals surface area contributed by atoms with Crippen molar-refractivity contribution >= 4 is 15.8 Å². The van der Waals surface area contributed by atoms with Gasteiger partial charge in [-0.1, -0.05) is 0 Å². The summed E-state index contributed by atoms with van der Waals surface area (Å²) in [6, 6.07) is 2.18. The minimum Gasteiger partial charge on any atom is -0.351 e. The molecule has 114 valence electrons. The van der Waals surface area contributed by atoms with Gasteiger partial charge >= 0.3 is 0 Å². The maximum Gasteiger partial charge on any atom is 0.213 e. The summed E-state index contributed by atoms with van der Waals surface area (Å²) >= 11 is 0. The Morgan fingerprint density at radius 1 is 1.19 bits per heavy atom. The highest BCUT2D eigenvalue weighted by Crippen LogP contribution is 2.22. The van der Waals surface area contributed by atoms with E-state index in [2.05, 4.69) is 16.3 Å². The Morgan fingerprint density at radius 3 is 2.33 bits per heavy atom. The fourth-order valence-corrected chi connectivity index (χ4v) is 3.40. The van der Waals surface area contributed by atoms with Crippen molar-refractivity contribution in [2.45, 2.75) is 20.8 Å². The van der Waals surface area contributed by atoms with E-state index in [4.69, 9.17) is 0 Å². The van der Waals surface area contributed by atoms with E-state index in [1.165, 1.54) is 4.31 Å². The Balaban J connectivity index is 2.21. The molecule has 0 saturated carbocycles. The van der Waals surface area contributed by atoms with Crippen LogP contribution in [0.15, 0.2) is 0 Å². The van der Waals surface area contributed by atoms with Crippen molar-refractivity contribution < 1.29 is 8.42 Å². The van der Waals surface area contributed by atoms with Crippen molar-refractivity contribution in [1.82, 2.24) is 14.5 Å². The van der Waals surface area contributed by atoms with Gasteiger partial charge in [0.15, 0.2) is 5.82 Å². The van der Waals surface area contributed by atoms with Crippen LogP contribution in [0, 0.1) is 25.2 Å². The van der Waals surface area contributed by atoms with Gasteiger partial charge in [-0.15, -0.1) is 5.10 Å². The van der Waals surface area contributed by atoms with Gasteiger partial charge in [-0.25, -0.2) is 8.42 Å². The van der Waals surface area contributed by atoms with Crippen molar-refractivity contribution in [3.63, 3.8) is 0 Å². The fraction of sp³-hybridized carbons (Fsp3) is 0.615. The van der Waals surface area contributed by atoms with E-state index in [0.29, 0.717) is 37.6 Å². The minimum atomic E-state index is -3.15. The molecule has 0 atom stereocenters. The molecule has 7 nitrogen and oxygen atoms in total. The lowest BCUT2D eigenvalue weighted by molar-refractivity contribution is 0.384. The van der Waals surface area contributed by atoms with Crippen LogP contribution < -0.4 is 4.90 Å². The molecular weight excluding hydrogens is 290 g/mol. The summed E-state index contributed by atoms with van der Waals surface area (Å²) in [6.45, 7) is 7.17. The van der Waals surface area contributed by atoms with E-state index in [1.54, 1.807) is 6.92 Å². The Morgan fingerprint density at radius 2 is 1.81 bits per heavy atom. The van der Waals surface area contributed by atoms with Gasteiger partial charge in [-0.05, 0) is 26.3 Å². The smallest absolute Gasteiger partial charge is 0.213 e. The molecule has 1 aliphatic rings. The highest BCUT2D eigenvalue weighted by molar-refractivity contribution is 7.89. The van der Waals surface area contributed by atoms with Gasteiger partial charge in [-0.2, -0.15) is 14.7 Å². The summed E-state index contributed by atoms with van der Waals surface area (Å²) in [4.78, 5) is 1.93. The first-order valence-electron chi connectivity index (χ1n) is 6.87. The number of rotatable bonds is 3. The number of aromatic nitrogens is 2. The fourth-order valence-electron chi connectivity index (χ4n) is 2.31. The van der Waals surface area contributed by atoms with Crippen molar-refractivity contribution in [3.8, 4) is 6.07 Å². The monoisotopic (exact) mass is 309 g/mol. The van der Waals surface area contributed by atoms with Crippen LogP contribution in [0.4, 0.5) is 5.82 Å². The number of aryl methyl sites for hydroxylation is 1. The molecule has 1 saturated heterocycles. The molecule has 2 rings (SSSR count). The topological polar surface area (TPSA) is 90.2 Å². The molecule has 1 aromatic heterocycles. The first-order valence-corrected chi connectivity index (χ1v) is 8.48. The van der Waals surface area contributed by atoms with Crippen molar-refractivity contribution in [3.05, 3.63) is 16.8 Å². The molecule has 0 unspecified atom stereocenters. The first kappa shape index (κ1) is 15.7. The molecule has 1 fully saturated rings. The zero-order valence-corrected chi connectivity index (χ0v) is 13.3. The molecule has 1 aromatic rings. The molecular formula is C13H19N5O2S. The molecule has 0 N–H and O–H groups in total. The Labute approximate surface area is 125 Å². The standard InChI is InChI=1S/C13H19N5O2S/c1-4-21(19,20)18-7-5-17(6-8-18)13-12(9-14)10(2)11(3)15-16-13/h4-8H2,1-3H3. The van der Waals surface area contributed by atoms with Crippen LogP contribution in [0.25, 0.3) is 0 Å². The third-order valence-electron chi connectivity index (χ3n) is 3.84. The van der Waals surface area contributed by atoms with Crippen molar-refractivity contribution in [2.75, 3.05) is 36.8 Å². The second-order valence-corrected chi connectivity index (χ2v) is 7.27. The number of nitriles is 1. The van der Waals surface area contributed by atoms with Crippen molar-refractivity contribution in [2.24, 2.45) is 0 Å². The molecule has 0 aromatic carbocycles. The number of hydrogen-bond acceptors (Lipinski definition) is 6. The van der Waals surface area contributed by atoms with E-state index in [-0.39, 0.29) is 5.75 Å². The Kier molecular flexibility index (Phi) is 4.44. The second kappa shape index (κ2) is 5.95. The molecule has 8 heteroatoms. The van der Waals surface area contributed by atoms with E-state index in [1.807, 2.05) is 18.7 Å². The summed E-state index contributed by atoms with van der Waals surface area (Å²) in [5.41, 5.74) is 2.09. The highest BCUT2D eigenvalue weighted by Gasteiger charge is 2.27. The van der Waals surface area contributed by atoms with Crippen LogP contribution in [0.3, 0.4) is 0 Å². The van der Waals surface area contributed by atoms with Gasteiger partial charge in [0.2, 0.25) is 10.0 Å². The SMILES string of the molecule is CCS(=O)(=O)N1CCN(c2nnc(C)c(C)c2C#N)CC1. The molecule has 0 amide bonds. The van der Waals surface area contributed by atoms with E-state index in [0.717, 1.165) is 11.3 Å². The molecule has 1 aliphatic heterocycles. The molecule has 0 spiro atoms. The normalized spacial score (nSPS) is 16.8. The Bertz CT molecular complexity index is 673. The molecule has 2 heterocycles.